The third-order valence-corrected chi connectivity index (χ3v) is 7.73. The molecule has 1 aromatic rings. The number of benzene rings is 1. The standard InChI is InChI=1S/C19H23F8NO2Si/c1-4-31(2,3)14-9-7-8-13(12-14)28-16(29)15(18(21,22)23)17(20,19(24,25)26)10-5-6-11-30-27/h4,7-9,12,15H,1,5-6,10-11H2,2-3H3,(H,28,29). The van der Waals surface area contributed by atoms with Crippen molar-refractivity contribution in [1.82, 2.24) is 0 Å². The molecule has 0 spiro atoms. The lowest BCUT2D eigenvalue weighted by atomic mass is 9.82. The lowest BCUT2D eigenvalue weighted by Gasteiger charge is -2.35. The van der Waals surface area contributed by atoms with E-state index in [-0.39, 0.29) is 5.69 Å². The van der Waals surface area contributed by atoms with Crippen molar-refractivity contribution in [3.63, 3.8) is 0 Å². The molecule has 31 heavy (non-hydrogen) atoms. The van der Waals surface area contributed by atoms with Crippen molar-refractivity contribution in [3.05, 3.63) is 36.5 Å². The molecule has 1 rings (SSSR count). The molecule has 1 amide bonds. The fraction of sp³-hybridized carbons (Fsp3) is 0.526. The van der Waals surface area contributed by atoms with E-state index in [9.17, 15) is 40.1 Å². The summed E-state index contributed by atoms with van der Waals surface area (Å²) in [5.41, 5.74) is -3.43. The Hall–Kier alpha value is -1.95. The summed E-state index contributed by atoms with van der Waals surface area (Å²) in [5, 5.41) is 2.42. The van der Waals surface area contributed by atoms with Crippen molar-refractivity contribution in [2.45, 2.75) is 50.4 Å². The van der Waals surface area contributed by atoms with Gasteiger partial charge in [0.25, 0.3) is 0 Å². The molecule has 1 N–H and O–H groups in total. The lowest BCUT2D eigenvalue weighted by molar-refractivity contribution is -0.295. The number of rotatable bonds is 10. The normalized spacial score (nSPS) is 15.8. The number of alkyl halides is 7. The second kappa shape index (κ2) is 10.1. The Labute approximate surface area is 175 Å². The molecule has 0 saturated carbocycles. The zero-order valence-electron chi connectivity index (χ0n) is 16.8. The predicted octanol–water partition coefficient (Wildman–Crippen LogP) is 5.79. The van der Waals surface area contributed by atoms with Crippen LogP contribution >= 0.6 is 0 Å². The molecule has 0 fully saturated rings. The van der Waals surface area contributed by atoms with Gasteiger partial charge in [-0.25, -0.2) is 4.39 Å². The number of nitrogens with one attached hydrogen (secondary N) is 1. The molecule has 0 aromatic heterocycles. The number of halogens is 8. The van der Waals surface area contributed by atoms with Crippen molar-refractivity contribution in [1.29, 1.82) is 0 Å². The Balaban J connectivity index is 3.30. The molecule has 2 unspecified atom stereocenters. The fourth-order valence-electron chi connectivity index (χ4n) is 2.93. The molecule has 0 saturated heterocycles. The summed E-state index contributed by atoms with van der Waals surface area (Å²) in [4.78, 5) is 15.4. The van der Waals surface area contributed by atoms with Crippen LogP contribution in [0.25, 0.3) is 0 Å². The predicted molar refractivity (Wildman–Crippen MR) is 103 cm³/mol. The second-order valence-corrected chi connectivity index (χ2v) is 12.0. The highest BCUT2D eigenvalue weighted by Gasteiger charge is 2.70. The largest absolute Gasteiger partial charge is 0.423 e. The number of carbonyl (C=O) groups is 1. The van der Waals surface area contributed by atoms with Crippen LogP contribution in [-0.4, -0.2) is 38.6 Å². The summed E-state index contributed by atoms with van der Waals surface area (Å²) < 4.78 is 107. The van der Waals surface area contributed by atoms with E-state index < -0.39 is 63.8 Å². The minimum absolute atomic E-state index is 0.200. The summed E-state index contributed by atoms with van der Waals surface area (Å²) >= 11 is 0. The van der Waals surface area contributed by atoms with Crippen LogP contribution in [0.2, 0.25) is 13.1 Å². The Kier molecular flexibility index (Phi) is 8.83. The van der Waals surface area contributed by atoms with Crippen LogP contribution < -0.4 is 10.5 Å². The molecule has 0 heterocycles. The van der Waals surface area contributed by atoms with E-state index in [2.05, 4.69) is 11.5 Å². The average molecular weight is 477 g/mol. The second-order valence-electron chi connectivity index (χ2n) is 7.60. The average Bonchev–Trinajstić information content (AvgIpc) is 2.63. The van der Waals surface area contributed by atoms with E-state index in [1.54, 1.807) is 17.1 Å². The maximum absolute atomic E-state index is 14.9. The third-order valence-electron chi connectivity index (χ3n) is 4.91. The van der Waals surface area contributed by atoms with E-state index >= 15 is 0 Å². The molecule has 12 heteroatoms. The Morgan fingerprint density at radius 2 is 1.77 bits per heavy atom. The quantitative estimate of drug-likeness (QED) is 0.263. The number of hydrogen-bond acceptors (Lipinski definition) is 2. The van der Waals surface area contributed by atoms with Gasteiger partial charge in [0.1, 0.15) is 8.07 Å². The van der Waals surface area contributed by atoms with Crippen molar-refractivity contribution in [3.8, 4) is 0 Å². The zero-order valence-corrected chi connectivity index (χ0v) is 17.8. The van der Waals surface area contributed by atoms with Gasteiger partial charge in [0, 0.05) is 5.69 Å². The van der Waals surface area contributed by atoms with E-state index in [1.807, 2.05) is 13.1 Å². The van der Waals surface area contributed by atoms with Gasteiger partial charge in [0.15, 0.2) is 5.92 Å². The van der Waals surface area contributed by atoms with E-state index in [0.717, 1.165) is 0 Å². The Morgan fingerprint density at radius 3 is 2.26 bits per heavy atom. The number of hydrogen-bond donors (Lipinski definition) is 1. The van der Waals surface area contributed by atoms with Gasteiger partial charge in [-0.1, -0.05) is 36.1 Å². The Morgan fingerprint density at radius 1 is 1.16 bits per heavy atom. The van der Waals surface area contributed by atoms with Crippen LogP contribution in [0, 0.1) is 5.92 Å². The zero-order chi connectivity index (χ0) is 24.1. The monoisotopic (exact) mass is 477 g/mol. The van der Waals surface area contributed by atoms with Gasteiger partial charge >= 0.3 is 12.4 Å². The fourth-order valence-corrected chi connectivity index (χ4v) is 4.22. The summed E-state index contributed by atoms with van der Waals surface area (Å²) in [5.74, 6) is -6.19. The molecular formula is C19H23F8NO2Si. The van der Waals surface area contributed by atoms with Gasteiger partial charge < -0.3 is 5.32 Å². The molecule has 3 nitrogen and oxygen atoms in total. The molecule has 0 aliphatic carbocycles. The number of unbranched alkanes of at least 4 members (excludes halogenated alkanes) is 1. The first-order valence-electron chi connectivity index (χ1n) is 9.21. The molecule has 2 atom stereocenters. The topological polar surface area (TPSA) is 38.3 Å². The maximum atomic E-state index is 14.9. The van der Waals surface area contributed by atoms with Crippen molar-refractivity contribution >= 4 is 24.9 Å². The smallest absolute Gasteiger partial charge is 0.325 e. The first-order valence-corrected chi connectivity index (χ1v) is 12.3. The van der Waals surface area contributed by atoms with Crippen LogP contribution in [0.15, 0.2) is 36.5 Å². The van der Waals surface area contributed by atoms with Crippen LogP contribution in [0.5, 0.6) is 0 Å². The van der Waals surface area contributed by atoms with Crippen molar-refractivity contribution in [2.75, 3.05) is 11.9 Å². The number of anilines is 1. The van der Waals surface area contributed by atoms with E-state index in [0.29, 0.717) is 5.19 Å². The van der Waals surface area contributed by atoms with Crippen LogP contribution in [0.4, 0.5) is 40.9 Å². The minimum atomic E-state index is -6.00. The molecule has 176 valence electrons. The lowest BCUT2D eigenvalue weighted by Crippen LogP contribution is -2.57. The number of carbonyl (C=O) groups excluding carboxylic acids is 1. The van der Waals surface area contributed by atoms with Gasteiger partial charge in [-0.2, -0.15) is 31.3 Å². The van der Waals surface area contributed by atoms with Gasteiger partial charge in [0.2, 0.25) is 11.6 Å². The van der Waals surface area contributed by atoms with Gasteiger partial charge in [0.05, 0.1) is 6.61 Å². The minimum Gasteiger partial charge on any atom is -0.325 e. The molecule has 0 radical (unpaired) electrons. The van der Waals surface area contributed by atoms with Crippen molar-refractivity contribution < 1.29 is 45.0 Å². The van der Waals surface area contributed by atoms with Gasteiger partial charge in [-0.3, -0.25) is 4.79 Å². The SMILES string of the molecule is C=C[Si](C)(C)c1cccc(NC(=O)C(C(F)(F)F)C(F)(CCCCOF)C(F)(F)F)c1. The maximum Gasteiger partial charge on any atom is 0.423 e. The van der Waals surface area contributed by atoms with Gasteiger partial charge in [-0.15, -0.1) is 6.58 Å². The van der Waals surface area contributed by atoms with Crippen LogP contribution in [0.1, 0.15) is 19.3 Å². The van der Waals surface area contributed by atoms with E-state index in [4.69, 9.17) is 0 Å². The number of amides is 1. The molecule has 1 aromatic carbocycles. The molecular weight excluding hydrogens is 454 g/mol. The summed E-state index contributed by atoms with van der Waals surface area (Å²) in [7, 11) is -2.20. The first kappa shape index (κ1) is 27.1. The molecule has 0 bridgehead atoms. The molecule has 0 aliphatic heterocycles. The highest BCUT2D eigenvalue weighted by atomic mass is 28.3. The van der Waals surface area contributed by atoms with E-state index in [1.165, 1.54) is 18.2 Å². The third kappa shape index (κ3) is 6.76. The Bertz CT molecular complexity index is 766. The van der Waals surface area contributed by atoms with Crippen LogP contribution in [0.3, 0.4) is 0 Å². The summed E-state index contributed by atoms with van der Waals surface area (Å²) in [6, 6.07) is 5.57. The van der Waals surface area contributed by atoms with Crippen molar-refractivity contribution in [2.24, 2.45) is 5.92 Å². The van der Waals surface area contributed by atoms with Crippen LogP contribution in [-0.2, 0) is 9.74 Å². The van der Waals surface area contributed by atoms with Gasteiger partial charge in [-0.05, 0) is 35.9 Å². The first-order chi connectivity index (χ1) is 14.1. The summed E-state index contributed by atoms with van der Waals surface area (Å²) in [6.07, 6.45) is -14.8. The molecule has 0 aliphatic rings. The highest BCUT2D eigenvalue weighted by Crippen LogP contribution is 2.49. The summed E-state index contributed by atoms with van der Waals surface area (Å²) in [6.45, 7) is 6.68. The highest BCUT2D eigenvalue weighted by molar-refractivity contribution is 6.93.